The van der Waals surface area contributed by atoms with Crippen molar-refractivity contribution in [2.45, 2.75) is 135 Å². The number of imidazole rings is 1. The summed E-state index contributed by atoms with van der Waals surface area (Å²) in [5.41, 5.74) is 0.936. The molecule has 1 aromatic heterocycles. The molecule has 0 radical (unpaired) electrons. The summed E-state index contributed by atoms with van der Waals surface area (Å²) in [5.74, 6) is -1.13. The molecule has 254 valence electrons. The predicted molar refractivity (Wildman–Crippen MR) is 179 cm³/mol. The van der Waals surface area contributed by atoms with E-state index in [0.717, 1.165) is 63.4 Å². The van der Waals surface area contributed by atoms with E-state index in [2.05, 4.69) is 20.6 Å². The SMILES string of the molecule is CC(C)(C)C(=O)C[C@@H](Cc1ccccc1)C(=O)N[C@@H](Cc1c[nH]cn1)C(=O)N[C@@H](CC1CCCCC1)[C@@H](O)[C@@H](O)C1CCCCC1. The molecule has 5 atom stereocenters. The highest BCUT2D eigenvalue weighted by Gasteiger charge is 2.37. The molecule has 2 fully saturated rings. The molecule has 2 aliphatic rings. The number of amides is 2. The average molecular weight is 637 g/mol. The molecule has 2 aromatic rings. The van der Waals surface area contributed by atoms with Gasteiger partial charge in [0.05, 0.1) is 24.2 Å². The van der Waals surface area contributed by atoms with Gasteiger partial charge in [-0.25, -0.2) is 4.98 Å². The van der Waals surface area contributed by atoms with E-state index in [0.29, 0.717) is 24.5 Å². The fourth-order valence-electron chi connectivity index (χ4n) is 7.14. The van der Waals surface area contributed by atoms with Gasteiger partial charge in [0, 0.05) is 30.4 Å². The first kappa shape index (κ1) is 35.8. The smallest absolute Gasteiger partial charge is 0.243 e. The Labute approximate surface area is 274 Å². The molecule has 1 aromatic carbocycles. The van der Waals surface area contributed by atoms with Gasteiger partial charge < -0.3 is 25.8 Å². The highest BCUT2D eigenvalue weighted by atomic mass is 16.3. The second-order valence-corrected chi connectivity index (χ2v) is 14.8. The van der Waals surface area contributed by atoms with Gasteiger partial charge >= 0.3 is 0 Å². The van der Waals surface area contributed by atoms with Crippen LogP contribution in [-0.2, 0) is 27.2 Å². The van der Waals surface area contributed by atoms with Gasteiger partial charge in [-0.05, 0) is 43.1 Å². The van der Waals surface area contributed by atoms with E-state index in [4.69, 9.17) is 0 Å². The number of rotatable bonds is 15. The summed E-state index contributed by atoms with van der Waals surface area (Å²) in [4.78, 5) is 48.4. The lowest BCUT2D eigenvalue weighted by atomic mass is 9.78. The molecule has 5 N–H and O–H groups in total. The van der Waals surface area contributed by atoms with E-state index in [1.54, 1.807) is 6.20 Å². The molecular formula is C37H56N4O5. The van der Waals surface area contributed by atoms with Crippen LogP contribution in [0.3, 0.4) is 0 Å². The Morgan fingerprint density at radius 3 is 2.15 bits per heavy atom. The number of aliphatic hydroxyl groups is 2. The summed E-state index contributed by atoms with van der Waals surface area (Å²) in [7, 11) is 0. The minimum Gasteiger partial charge on any atom is -0.390 e. The first-order chi connectivity index (χ1) is 22.0. The summed E-state index contributed by atoms with van der Waals surface area (Å²) < 4.78 is 0. The molecule has 4 rings (SSSR count). The number of H-pyrrole nitrogens is 1. The van der Waals surface area contributed by atoms with Crippen LogP contribution in [-0.4, -0.2) is 62.1 Å². The van der Waals surface area contributed by atoms with Gasteiger partial charge in [-0.2, -0.15) is 0 Å². The molecule has 9 heteroatoms. The molecule has 0 aliphatic heterocycles. The molecule has 0 bridgehead atoms. The van der Waals surface area contributed by atoms with Crippen LogP contribution in [0.4, 0.5) is 0 Å². The van der Waals surface area contributed by atoms with Crippen LogP contribution in [0.15, 0.2) is 42.9 Å². The number of ketones is 1. The number of aromatic amines is 1. The second-order valence-electron chi connectivity index (χ2n) is 14.8. The van der Waals surface area contributed by atoms with Crippen LogP contribution in [0.2, 0.25) is 0 Å². The number of carbonyl (C=O) groups is 3. The molecule has 2 amide bonds. The normalized spacial score (nSPS) is 19.8. The van der Waals surface area contributed by atoms with Gasteiger partial charge in [0.2, 0.25) is 11.8 Å². The van der Waals surface area contributed by atoms with Crippen molar-refractivity contribution in [3.8, 4) is 0 Å². The largest absolute Gasteiger partial charge is 0.390 e. The number of Topliss-reactive ketones (excluding diaryl/α,β-unsaturated/α-hetero) is 1. The Bertz CT molecular complexity index is 1220. The van der Waals surface area contributed by atoms with Crippen LogP contribution in [0.1, 0.15) is 109 Å². The zero-order valence-electron chi connectivity index (χ0n) is 28.0. The maximum atomic E-state index is 14.1. The van der Waals surface area contributed by atoms with Crippen molar-refractivity contribution in [2.75, 3.05) is 0 Å². The van der Waals surface area contributed by atoms with Crippen molar-refractivity contribution in [2.24, 2.45) is 23.2 Å². The molecule has 0 unspecified atom stereocenters. The van der Waals surface area contributed by atoms with Gasteiger partial charge in [-0.3, -0.25) is 14.4 Å². The van der Waals surface area contributed by atoms with Crippen molar-refractivity contribution >= 4 is 17.6 Å². The topological polar surface area (TPSA) is 144 Å². The lowest BCUT2D eigenvalue weighted by Gasteiger charge is -2.36. The van der Waals surface area contributed by atoms with Crippen LogP contribution in [0, 0.1) is 23.2 Å². The van der Waals surface area contributed by atoms with E-state index in [1.807, 2.05) is 51.1 Å². The highest BCUT2D eigenvalue weighted by molar-refractivity contribution is 5.92. The predicted octanol–water partition coefficient (Wildman–Crippen LogP) is 5.06. The number of nitrogens with zero attached hydrogens (tertiary/aromatic N) is 1. The number of carbonyl (C=O) groups excluding carboxylic acids is 3. The molecular weight excluding hydrogens is 580 g/mol. The average Bonchev–Trinajstić information content (AvgIpc) is 3.57. The standard InChI is InChI=1S/C37H56N4O5/c1-37(2,3)32(42)21-28(19-25-13-7-4-8-14-25)35(45)41-31(22-29-23-38-24-39-29)36(46)40-30(20-26-15-9-5-10-16-26)34(44)33(43)27-17-11-6-12-18-27/h4,7-8,13-14,23-24,26-28,30-31,33-34,43-44H,5-6,9-12,15-22H2,1-3H3,(H,38,39)(H,40,46)(H,41,45)/t28-,30+,31+,33+,34-/m1/s1. The second kappa shape index (κ2) is 17.2. The zero-order valence-corrected chi connectivity index (χ0v) is 28.0. The van der Waals surface area contributed by atoms with E-state index in [-0.39, 0.29) is 30.4 Å². The van der Waals surface area contributed by atoms with Gasteiger partial charge in [-0.15, -0.1) is 0 Å². The summed E-state index contributed by atoms with van der Waals surface area (Å²) in [6, 6.07) is 7.97. The Kier molecular flexibility index (Phi) is 13.4. The van der Waals surface area contributed by atoms with E-state index in [1.165, 1.54) is 12.7 Å². The number of benzene rings is 1. The van der Waals surface area contributed by atoms with Crippen LogP contribution in [0.5, 0.6) is 0 Å². The lowest BCUT2D eigenvalue weighted by Crippen LogP contribution is -2.57. The Morgan fingerprint density at radius 1 is 0.891 bits per heavy atom. The van der Waals surface area contributed by atoms with Crippen molar-refractivity contribution < 1.29 is 24.6 Å². The van der Waals surface area contributed by atoms with E-state index >= 15 is 0 Å². The Balaban J connectivity index is 1.55. The monoisotopic (exact) mass is 636 g/mol. The van der Waals surface area contributed by atoms with Gasteiger partial charge in [0.1, 0.15) is 17.9 Å². The van der Waals surface area contributed by atoms with Gasteiger partial charge in [0.25, 0.3) is 0 Å². The van der Waals surface area contributed by atoms with Crippen molar-refractivity contribution in [1.82, 2.24) is 20.6 Å². The maximum Gasteiger partial charge on any atom is 0.243 e. The fourth-order valence-corrected chi connectivity index (χ4v) is 7.14. The number of aliphatic hydroxyl groups excluding tert-OH is 2. The molecule has 2 aliphatic carbocycles. The minimum absolute atomic E-state index is 0.00756. The van der Waals surface area contributed by atoms with E-state index in [9.17, 15) is 24.6 Å². The summed E-state index contributed by atoms with van der Waals surface area (Å²) in [6.07, 6.45) is 12.8. The van der Waals surface area contributed by atoms with Crippen LogP contribution < -0.4 is 10.6 Å². The number of hydrogen-bond acceptors (Lipinski definition) is 6. The number of aromatic nitrogens is 2. The van der Waals surface area contributed by atoms with Crippen LogP contribution in [0.25, 0.3) is 0 Å². The van der Waals surface area contributed by atoms with E-state index < -0.39 is 41.5 Å². The Hall–Kier alpha value is -3.04. The van der Waals surface area contributed by atoms with Crippen molar-refractivity contribution in [3.63, 3.8) is 0 Å². The Morgan fingerprint density at radius 2 is 1.54 bits per heavy atom. The minimum atomic E-state index is -1.11. The van der Waals surface area contributed by atoms with Crippen molar-refractivity contribution in [1.29, 1.82) is 0 Å². The maximum absolute atomic E-state index is 14.1. The molecule has 0 spiro atoms. The molecule has 9 nitrogen and oxygen atoms in total. The van der Waals surface area contributed by atoms with Crippen LogP contribution >= 0.6 is 0 Å². The lowest BCUT2D eigenvalue weighted by molar-refractivity contribution is -0.135. The quantitative estimate of drug-likeness (QED) is 0.185. The molecule has 1 heterocycles. The van der Waals surface area contributed by atoms with Gasteiger partial charge in [0.15, 0.2) is 0 Å². The molecule has 46 heavy (non-hydrogen) atoms. The van der Waals surface area contributed by atoms with Gasteiger partial charge in [-0.1, -0.05) is 102 Å². The number of hydrogen-bond donors (Lipinski definition) is 5. The summed E-state index contributed by atoms with van der Waals surface area (Å²) in [6.45, 7) is 5.54. The first-order valence-corrected chi connectivity index (χ1v) is 17.5. The zero-order chi connectivity index (χ0) is 33.1. The highest BCUT2D eigenvalue weighted by Crippen LogP contribution is 2.32. The number of nitrogens with one attached hydrogen (secondary N) is 3. The molecule has 0 saturated heterocycles. The summed E-state index contributed by atoms with van der Waals surface area (Å²) in [5, 5.41) is 28.9. The fraction of sp³-hybridized carbons (Fsp3) is 0.676. The summed E-state index contributed by atoms with van der Waals surface area (Å²) >= 11 is 0. The third-order valence-electron chi connectivity index (χ3n) is 10.1. The first-order valence-electron chi connectivity index (χ1n) is 17.5. The third kappa shape index (κ3) is 10.8. The molecule has 2 saturated carbocycles. The van der Waals surface area contributed by atoms with Crippen molar-refractivity contribution in [3.05, 3.63) is 54.1 Å². The third-order valence-corrected chi connectivity index (χ3v) is 10.1.